The zero-order valence-corrected chi connectivity index (χ0v) is 12.1. The van der Waals surface area contributed by atoms with E-state index in [-0.39, 0.29) is 11.8 Å². The van der Waals surface area contributed by atoms with Crippen molar-refractivity contribution >= 4 is 11.7 Å². The van der Waals surface area contributed by atoms with Gasteiger partial charge in [-0.05, 0) is 50.2 Å². The quantitative estimate of drug-likeness (QED) is 0.892. The van der Waals surface area contributed by atoms with E-state index in [1.165, 1.54) is 12.0 Å². The number of aryl methyl sites for hydroxylation is 2. The Kier molecular flexibility index (Phi) is 3.78. The van der Waals surface area contributed by atoms with Gasteiger partial charge < -0.3 is 10.6 Å². The smallest absolute Gasteiger partial charge is 0.222 e. The van der Waals surface area contributed by atoms with Crippen molar-refractivity contribution in [1.29, 1.82) is 5.26 Å². The van der Waals surface area contributed by atoms with Crippen LogP contribution in [0.5, 0.6) is 0 Å². The highest BCUT2D eigenvalue weighted by Gasteiger charge is 2.27. The fourth-order valence-corrected chi connectivity index (χ4v) is 3.35. The Balaban J connectivity index is 1.93. The number of carbonyl (C=O) groups excluding carboxylic acids is 1. The van der Waals surface area contributed by atoms with Gasteiger partial charge in [-0.3, -0.25) is 4.79 Å². The molecule has 0 bridgehead atoms. The van der Waals surface area contributed by atoms with Crippen LogP contribution in [-0.2, 0) is 17.6 Å². The van der Waals surface area contributed by atoms with Crippen molar-refractivity contribution < 1.29 is 4.79 Å². The maximum absolute atomic E-state index is 11.4. The van der Waals surface area contributed by atoms with Crippen LogP contribution in [0.25, 0.3) is 0 Å². The van der Waals surface area contributed by atoms with Crippen LogP contribution in [0.4, 0.5) is 5.82 Å². The molecule has 5 heteroatoms. The number of primary amides is 1. The molecule has 1 aromatic rings. The molecule has 1 fully saturated rings. The third kappa shape index (κ3) is 2.71. The Bertz CT molecular complexity index is 605. The van der Waals surface area contributed by atoms with Gasteiger partial charge in [0, 0.05) is 18.8 Å². The topological polar surface area (TPSA) is 83.0 Å². The fourth-order valence-electron chi connectivity index (χ4n) is 3.35. The minimum Gasteiger partial charge on any atom is -0.369 e. The maximum Gasteiger partial charge on any atom is 0.222 e. The number of pyridine rings is 1. The second kappa shape index (κ2) is 5.72. The minimum atomic E-state index is -0.254. The first-order valence-electron chi connectivity index (χ1n) is 7.66. The Morgan fingerprint density at radius 3 is 2.95 bits per heavy atom. The molecule has 1 aromatic heterocycles. The summed E-state index contributed by atoms with van der Waals surface area (Å²) in [6, 6.07) is 4.26. The molecule has 21 heavy (non-hydrogen) atoms. The van der Waals surface area contributed by atoms with Crippen LogP contribution in [-0.4, -0.2) is 24.0 Å². The molecule has 2 aliphatic rings. The van der Waals surface area contributed by atoms with E-state index in [2.05, 4.69) is 11.0 Å². The number of hydrogen-bond donors (Lipinski definition) is 1. The molecular weight excluding hydrogens is 264 g/mol. The van der Waals surface area contributed by atoms with Gasteiger partial charge in [0.1, 0.15) is 11.9 Å². The van der Waals surface area contributed by atoms with Gasteiger partial charge in [0.15, 0.2) is 0 Å². The number of aromatic nitrogens is 1. The Morgan fingerprint density at radius 2 is 2.19 bits per heavy atom. The van der Waals surface area contributed by atoms with Gasteiger partial charge in [0.05, 0.1) is 11.5 Å². The molecule has 0 aromatic carbocycles. The molecule has 0 saturated carbocycles. The normalized spacial score (nSPS) is 21.5. The first-order chi connectivity index (χ1) is 10.2. The second-order valence-electron chi connectivity index (χ2n) is 5.97. The highest BCUT2D eigenvalue weighted by Crippen LogP contribution is 2.29. The molecule has 1 amide bonds. The summed E-state index contributed by atoms with van der Waals surface area (Å²) in [5.41, 5.74) is 8.40. The van der Waals surface area contributed by atoms with Crippen molar-refractivity contribution in [2.45, 2.75) is 38.5 Å². The van der Waals surface area contributed by atoms with E-state index < -0.39 is 0 Å². The Hall–Kier alpha value is -2.09. The van der Waals surface area contributed by atoms with E-state index in [0.29, 0.717) is 12.1 Å². The molecule has 0 spiro atoms. The molecule has 1 aliphatic carbocycles. The van der Waals surface area contributed by atoms with Crippen LogP contribution >= 0.6 is 0 Å². The summed E-state index contributed by atoms with van der Waals surface area (Å²) in [5, 5.41) is 9.42. The molecule has 1 atom stereocenters. The number of carbonyl (C=O) groups is 1. The molecular formula is C16H20N4O. The summed E-state index contributed by atoms with van der Waals surface area (Å²) < 4.78 is 0. The summed E-state index contributed by atoms with van der Waals surface area (Å²) >= 11 is 0. The van der Waals surface area contributed by atoms with Crippen molar-refractivity contribution in [2.24, 2.45) is 11.7 Å². The number of amides is 1. The number of nitriles is 1. The van der Waals surface area contributed by atoms with Crippen molar-refractivity contribution in [3.63, 3.8) is 0 Å². The van der Waals surface area contributed by atoms with E-state index in [0.717, 1.165) is 50.2 Å². The van der Waals surface area contributed by atoms with Crippen molar-refractivity contribution in [3.05, 3.63) is 22.9 Å². The monoisotopic (exact) mass is 284 g/mol. The van der Waals surface area contributed by atoms with Crippen LogP contribution in [0, 0.1) is 17.2 Å². The van der Waals surface area contributed by atoms with Gasteiger partial charge in [-0.1, -0.05) is 0 Å². The van der Waals surface area contributed by atoms with Gasteiger partial charge in [-0.25, -0.2) is 4.98 Å². The summed E-state index contributed by atoms with van der Waals surface area (Å²) in [7, 11) is 0. The van der Waals surface area contributed by atoms with E-state index in [4.69, 9.17) is 10.7 Å². The first kappa shape index (κ1) is 13.9. The Morgan fingerprint density at radius 1 is 1.38 bits per heavy atom. The van der Waals surface area contributed by atoms with E-state index >= 15 is 0 Å². The lowest BCUT2D eigenvalue weighted by Crippen LogP contribution is -2.42. The zero-order valence-electron chi connectivity index (χ0n) is 12.1. The molecule has 110 valence electrons. The third-order valence-corrected chi connectivity index (χ3v) is 4.52. The van der Waals surface area contributed by atoms with Gasteiger partial charge in [0.25, 0.3) is 0 Å². The van der Waals surface area contributed by atoms with Crippen LogP contribution in [0.15, 0.2) is 6.07 Å². The highest BCUT2D eigenvalue weighted by molar-refractivity contribution is 5.77. The van der Waals surface area contributed by atoms with Crippen LogP contribution in [0.3, 0.4) is 0 Å². The van der Waals surface area contributed by atoms with Gasteiger partial charge >= 0.3 is 0 Å². The maximum atomic E-state index is 11.4. The average molecular weight is 284 g/mol. The number of piperidine rings is 1. The van der Waals surface area contributed by atoms with E-state index in [1.54, 1.807) is 0 Å². The molecule has 1 unspecified atom stereocenters. The average Bonchev–Trinajstić information content (AvgIpc) is 2.53. The van der Waals surface area contributed by atoms with Crippen molar-refractivity contribution in [1.82, 2.24) is 4.98 Å². The predicted octanol–water partition coefficient (Wildman–Crippen LogP) is 1.53. The standard InChI is InChI=1S/C16H20N4O/c17-9-13-8-11-4-1-2-6-14(11)19-16(13)20-7-3-5-12(10-20)15(18)21/h8,12H,1-7,10H2,(H2,18,21). The number of hydrogen-bond acceptors (Lipinski definition) is 4. The molecule has 1 aliphatic heterocycles. The lowest BCUT2D eigenvalue weighted by molar-refractivity contribution is -0.122. The van der Waals surface area contributed by atoms with E-state index in [9.17, 15) is 10.1 Å². The molecule has 3 rings (SSSR count). The number of nitrogens with two attached hydrogens (primary N) is 1. The Labute approximate surface area is 124 Å². The van der Waals surface area contributed by atoms with Gasteiger partial charge in [0.2, 0.25) is 5.91 Å². The van der Waals surface area contributed by atoms with Crippen LogP contribution in [0.2, 0.25) is 0 Å². The number of anilines is 1. The summed E-state index contributed by atoms with van der Waals surface area (Å²) in [4.78, 5) is 18.2. The second-order valence-corrected chi connectivity index (χ2v) is 5.97. The first-order valence-corrected chi connectivity index (χ1v) is 7.66. The predicted molar refractivity (Wildman–Crippen MR) is 79.7 cm³/mol. The van der Waals surface area contributed by atoms with Crippen molar-refractivity contribution in [2.75, 3.05) is 18.0 Å². The molecule has 5 nitrogen and oxygen atoms in total. The third-order valence-electron chi connectivity index (χ3n) is 4.52. The number of fused-ring (bicyclic) bond motifs is 1. The summed E-state index contributed by atoms with van der Waals surface area (Å²) in [6.07, 6.45) is 6.08. The lowest BCUT2D eigenvalue weighted by Gasteiger charge is -2.33. The van der Waals surface area contributed by atoms with Crippen molar-refractivity contribution in [3.8, 4) is 6.07 Å². The fraction of sp³-hybridized carbons (Fsp3) is 0.562. The van der Waals surface area contributed by atoms with E-state index in [1.807, 2.05) is 6.07 Å². The molecule has 1 saturated heterocycles. The molecule has 2 N–H and O–H groups in total. The SMILES string of the molecule is N#Cc1cc2c(nc1N1CCCC(C(N)=O)C1)CCCC2. The summed E-state index contributed by atoms with van der Waals surface area (Å²) in [5.74, 6) is 0.350. The molecule has 2 heterocycles. The van der Waals surface area contributed by atoms with Crippen LogP contribution < -0.4 is 10.6 Å². The largest absolute Gasteiger partial charge is 0.369 e. The van der Waals surface area contributed by atoms with Gasteiger partial charge in [-0.15, -0.1) is 0 Å². The highest BCUT2D eigenvalue weighted by atomic mass is 16.1. The molecule has 0 radical (unpaired) electrons. The number of nitrogens with zero attached hydrogens (tertiary/aromatic N) is 3. The summed E-state index contributed by atoms with van der Waals surface area (Å²) in [6.45, 7) is 1.42. The van der Waals surface area contributed by atoms with Gasteiger partial charge in [-0.2, -0.15) is 5.26 Å². The zero-order chi connectivity index (χ0) is 14.8. The van der Waals surface area contributed by atoms with Crippen LogP contribution in [0.1, 0.15) is 42.5 Å². The minimum absolute atomic E-state index is 0.136. The number of rotatable bonds is 2. The lowest BCUT2D eigenvalue weighted by atomic mass is 9.94.